The van der Waals surface area contributed by atoms with Gasteiger partial charge in [-0.25, -0.2) is 4.68 Å². The molecule has 0 spiro atoms. The van der Waals surface area contributed by atoms with E-state index in [9.17, 15) is 9.59 Å². The molecule has 2 amide bonds. The van der Waals surface area contributed by atoms with Crippen molar-refractivity contribution in [1.29, 1.82) is 0 Å². The quantitative estimate of drug-likeness (QED) is 0.383. The minimum Gasteiger partial charge on any atom is -0.497 e. The zero-order valence-corrected chi connectivity index (χ0v) is 24.8. The second-order valence-electron chi connectivity index (χ2n) is 10.3. The summed E-state index contributed by atoms with van der Waals surface area (Å²) in [5.41, 5.74) is 2.73. The number of carbonyl (C=O) groups excluding carboxylic acids is 2. The molecule has 0 saturated heterocycles. The van der Waals surface area contributed by atoms with Crippen LogP contribution in [-0.2, 0) is 15.0 Å². The van der Waals surface area contributed by atoms with E-state index in [1.807, 2.05) is 43.3 Å². The van der Waals surface area contributed by atoms with Crippen LogP contribution in [0.1, 0.15) is 56.2 Å². The van der Waals surface area contributed by atoms with Crippen molar-refractivity contribution in [3.8, 4) is 17.2 Å². The van der Waals surface area contributed by atoms with E-state index in [2.05, 4.69) is 26.1 Å². The number of thioether (sulfide) groups is 1. The molecule has 4 rings (SSSR count). The van der Waals surface area contributed by atoms with Gasteiger partial charge in [-0.15, -0.1) is 11.8 Å². The van der Waals surface area contributed by atoms with E-state index in [1.165, 1.54) is 11.8 Å². The van der Waals surface area contributed by atoms with Crippen LogP contribution in [-0.4, -0.2) is 54.7 Å². The SMILES string of the molecule is CCCNC(=O)CN1C(=O)CSC(c2cc(OC)ccc2OC)c2c(C(C)(C)C)nn(-c3ccccc3Cl)c21. The first-order valence-corrected chi connectivity index (χ1v) is 14.3. The summed E-state index contributed by atoms with van der Waals surface area (Å²) in [6, 6.07) is 13.0. The van der Waals surface area contributed by atoms with Gasteiger partial charge in [0.2, 0.25) is 11.8 Å². The summed E-state index contributed by atoms with van der Waals surface area (Å²) in [6.07, 6.45) is 0.796. The molecule has 3 aromatic rings. The highest BCUT2D eigenvalue weighted by Crippen LogP contribution is 2.51. The number of benzene rings is 2. The van der Waals surface area contributed by atoms with Crippen molar-refractivity contribution in [3.63, 3.8) is 0 Å². The number of fused-ring (bicyclic) bond motifs is 1. The standard InChI is InChI=1S/C29H35ClN4O4S/c1-7-14-31-23(35)16-33-24(36)17-39-26(19-15-18(37-5)12-13-22(19)38-6)25-27(29(2,3)4)32-34(28(25)33)21-11-9-8-10-20(21)30/h8-13,15,26H,7,14,16-17H2,1-6H3,(H,31,35). The van der Waals surface area contributed by atoms with Gasteiger partial charge in [-0.3, -0.25) is 14.5 Å². The Kier molecular flexibility index (Phi) is 8.81. The van der Waals surface area contributed by atoms with Crippen LogP contribution in [0.2, 0.25) is 5.02 Å². The van der Waals surface area contributed by atoms with Gasteiger partial charge in [0.25, 0.3) is 0 Å². The maximum atomic E-state index is 13.8. The highest BCUT2D eigenvalue weighted by atomic mass is 35.5. The predicted molar refractivity (Wildman–Crippen MR) is 157 cm³/mol. The van der Waals surface area contributed by atoms with E-state index in [0.717, 1.165) is 23.2 Å². The van der Waals surface area contributed by atoms with Gasteiger partial charge in [-0.1, -0.05) is 51.4 Å². The minimum atomic E-state index is -0.398. The van der Waals surface area contributed by atoms with Crippen LogP contribution < -0.4 is 19.7 Å². The van der Waals surface area contributed by atoms with Crippen molar-refractivity contribution in [2.24, 2.45) is 0 Å². The van der Waals surface area contributed by atoms with E-state index < -0.39 is 5.41 Å². The molecule has 1 N–H and O–H groups in total. The topological polar surface area (TPSA) is 85.7 Å². The molecule has 1 unspecified atom stereocenters. The first-order valence-electron chi connectivity index (χ1n) is 12.9. The lowest BCUT2D eigenvalue weighted by atomic mass is 9.87. The lowest BCUT2D eigenvalue weighted by molar-refractivity contribution is -0.122. The van der Waals surface area contributed by atoms with Crippen LogP contribution in [0.25, 0.3) is 5.69 Å². The Morgan fingerprint density at radius 1 is 1.18 bits per heavy atom. The van der Waals surface area contributed by atoms with Gasteiger partial charge in [0.05, 0.1) is 41.6 Å². The number of anilines is 1. The molecule has 0 fully saturated rings. The van der Waals surface area contributed by atoms with Crippen molar-refractivity contribution >= 4 is 41.0 Å². The summed E-state index contributed by atoms with van der Waals surface area (Å²) in [4.78, 5) is 28.3. The fourth-order valence-electron chi connectivity index (χ4n) is 4.62. The van der Waals surface area contributed by atoms with Gasteiger partial charge < -0.3 is 14.8 Å². The maximum Gasteiger partial charge on any atom is 0.240 e. The summed E-state index contributed by atoms with van der Waals surface area (Å²) in [6.45, 7) is 8.64. The molecule has 0 saturated carbocycles. The molecule has 1 aliphatic rings. The van der Waals surface area contributed by atoms with Crippen LogP contribution in [0.5, 0.6) is 11.5 Å². The monoisotopic (exact) mass is 570 g/mol. The molecule has 0 radical (unpaired) electrons. The number of aromatic nitrogens is 2. The molecule has 1 aromatic heterocycles. The fraction of sp³-hybridized carbons (Fsp3) is 0.414. The van der Waals surface area contributed by atoms with Gasteiger partial charge in [-0.2, -0.15) is 5.10 Å². The summed E-state index contributed by atoms with van der Waals surface area (Å²) in [5, 5.41) is 8.14. The Labute approximate surface area is 239 Å². The van der Waals surface area contributed by atoms with Crippen LogP contribution in [0.3, 0.4) is 0 Å². The number of hydrogen-bond donors (Lipinski definition) is 1. The molecule has 0 aliphatic carbocycles. The third kappa shape index (κ3) is 5.89. The van der Waals surface area contributed by atoms with Crippen molar-refractivity contribution in [2.45, 2.75) is 44.8 Å². The number of nitrogens with zero attached hydrogens (tertiary/aromatic N) is 3. The molecule has 208 valence electrons. The second-order valence-corrected chi connectivity index (χ2v) is 11.8. The van der Waals surface area contributed by atoms with Crippen molar-refractivity contribution in [2.75, 3.05) is 38.0 Å². The first kappa shape index (κ1) is 28.8. The van der Waals surface area contributed by atoms with Gasteiger partial charge in [-0.05, 0) is 36.8 Å². The average molecular weight is 571 g/mol. The number of methoxy groups -OCH3 is 2. The molecule has 10 heteroatoms. The van der Waals surface area contributed by atoms with E-state index in [0.29, 0.717) is 34.6 Å². The number of amides is 2. The molecule has 8 nitrogen and oxygen atoms in total. The Morgan fingerprint density at radius 3 is 2.56 bits per heavy atom. The van der Waals surface area contributed by atoms with Crippen LogP contribution >= 0.6 is 23.4 Å². The van der Waals surface area contributed by atoms with E-state index >= 15 is 0 Å². The molecule has 39 heavy (non-hydrogen) atoms. The van der Waals surface area contributed by atoms with Crippen LogP contribution in [0.4, 0.5) is 5.82 Å². The Morgan fingerprint density at radius 2 is 1.92 bits per heavy atom. The number of rotatable bonds is 8. The fourth-order valence-corrected chi connectivity index (χ4v) is 6.05. The van der Waals surface area contributed by atoms with Crippen LogP contribution in [0, 0.1) is 0 Å². The normalized spacial score (nSPS) is 15.5. The third-order valence-electron chi connectivity index (χ3n) is 6.47. The Balaban J connectivity index is 2.06. The number of nitrogens with one attached hydrogen (secondary N) is 1. The summed E-state index contributed by atoms with van der Waals surface area (Å²) >= 11 is 8.16. The Hall–Kier alpha value is -3.17. The van der Waals surface area contributed by atoms with Crippen molar-refractivity contribution in [1.82, 2.24) is 15.1 Å². The molecule has 2 heterocycles. The molecule has 1 aliphatic heterocycles. The zero-order valence-electron chi connectivity index (χ0n) is 23.2. The van der Waals surface area contributed by atoms with E-state index in [4.69, 9.17) is 26.2 Å². The highest BCUT2D eigenvalue weighted by Gasteiger charge is 2.41. The molecule has 2 aromatic carbocycles. The zero-order chi connectivity index (χ0) is 28.3. The summed E-state index contributed by atoms with van der Waals surface area (Å²) < 4.78 is 13.0. The van der Waals surface area contributed by atoms with Gasteiger partial charge in [0, 0.05) is 23.1 Å². The van der Waals surface area contributed by atoms with Crippen LogP contribution in [0.15, 0.2) is 42.5 Å². The number of hydrogen-bond acceptors (Lipinski definition) is 6. The molecule has 1 atom stereocenters. The minimum absolute atomic E-state index is 0.131. The lowest BCUT2D eigenvalue weighted by Gasteiger charge is -2.25. The van der Waals surface area contributed by atoms with Crippen molar-refractivity contribution in [3.05, 3.63) is 64.3 Å². The predicted octanol–water partition coefficient (Wildman–Crippen LogP) is 5.54. The lowest BCUT2D eigenvalue weighted by Crippen LogP contribution is -2.42. The van der Waals surface area contributed by atoms with Gasteiger partial charge >= 0.3 is 0 Å². The Bertz CT molecular complexity index is 1370. The smallest absolute Gasteiger partial charge is 0.240 e. The second kappa shape index (κ2) is 11.9. The first-order chi connectivity index (χ1) is 18.6. The molecular formula is C29H35ClN4O4S. The average Bonchev–Trinajstić information content (AvgIpc) is 3.25. The van der Waals surface area contributed by atoms with Gasteiger partial charge in [0.1, 0.15) is 23.9 Å². The van der Waals surface area contributed by atoms with E-state index in [-0.39, 0.29) is 29.4 Å². The summed E-state index contributed by atoms with van der Waals surface area (Å²) in [5.74, 6) is 1.62. The number of carbonyl (C=O) groups is 2. The summed E-state index contributed by atoms with van der Waals surface area (Å²) in [7, 11) is 3.24. The third-order valence-corrected chi connectivity index (χ3v) is 8.03. The van der Waals surface area contributed by atoms with E-state index in [1.54, 1.807) is 29.9 Å². The van der Waals surface area contributed by atoms with Crippen molar-refractivity contribution < 1.29 is 19.1 Å². The number of para-hydroxylation sites is 1. The molecule has 0 bridgehead atoms. The largest absolute Gasteiger partial charge is 0.497 e. The highest BCUT2D eigenvalue weighted by molar-refractivity contribution is 8.00. The van der Waals surface area contributed by atoms with Gasteiger partial charge in [0.15, 0.2) is 0 Å². The maximum absolute atomic E-state index is 13.8. The molecular weight excluding hydrogens is 536 g/mol. The number of halogens is 1. The number of ether oxygens (including phenoxy) is 2.